The third-order valence-electron chi connectivity index (χ3n) is 8.90. The van der Waals surface area contributed by atoms with E-state index in [-0.39, 0.29) is 11.7 Å². The van der Waals surface area contributed by atoms with Crippen molar-refractivity contribution < 1.29 is 9.53 Å². The number of carbonyl (C=O) groups excluding carboxylic acids is 1. The van der Waals surface area contributed by atoms with Crippen LogP contribution in [0.25, 0.3) is 10.9 Å². The lowest BCUT2D eigenvalue weighted by molar-refractivity contribution is 0.0817. The van der Waals surface area contributed by atoms with Crippen molar-refractivity contribution in [2.45, 2.75) is 52.1 Å². The number of fused-ring (bicyclic) bond motifs is 1. The van der Waals surface area contributed by atoms with Crippen LogP contribution in [0.1, 0.15) is 61.5 Å². The number of carbonyl (C=O) groups is 1. The summed E-state index contributed by atoms with van der Waals surface area (Å²) in [4.78, 5) is 16.7. The van der Waals surface area contributed by atoms with E-state index >= 15 is 0 Å². The van der Waals surface area contributed by atoms with Crippen LogP contribution < -0.4 is 10.1 Å². The van der Waals surface area contributed by atoms with Crippen LogP contribution in [0.2, 0.25) is 5.02 Å². The minimum atomic E-state index is -0.00875. The van der Waals surface area contributed by atoms with Crippen molar-refractivity contribution in [1.82, 2.24) is 14.8 Å². The monoisotopic (exact) mass is 535 g/mol. The number of piperidine rings is 2. The molecule has 3 aromatic rings. The summed E-state index contributed by atoms with van der Waals surface area (Å²) in [6.07, 6.45) is 7.53. The van der Waals surface area contributed by atoms with Gasteiger partial charge >= 0.3 is 0 Å². The summed E-state index contributed by atoms with van der Waals surface area (Å²) in [6, 6.07) is 15.6. The van der Waals surface area contributed by atoms with Gasteiger partial charge in [-0.1, -0.05) is 36.7 Å². The maximum absolute atomic E-state index is 14.1. The Labute approximate surface area is 232 Å². The van der Waals surface area contributed by atoms with E-state index in [0.717, 1.165) is 59.8 Å². The van der Waals surface area contributed by atoms with E-state index in [0.29, 0.717) is 17.5 Å². The zero-order valence-electron chi connectivity index (χ0n) is 22.9. The quantitative estimate of drug-likeness (QED) is 0.293. The van der Waals surface area contributed by atoms with Gasteiger partial charge in [-0.25, -0.2) is 0 Å². The minimum absolute atomic E-state index is 0.00875. The molecule has 0 bridgehead atoms. The van der Waals surface area contributed by atoms with Gasteiger partial charge < -0.3 is 19.5 Å². The number of benzene rings is 2. The molecule has 5 rings (SSSR count). The second-order valence-electron chi connectivity index (χ2n) is 11.3. The number of para-hydroxylation sites is 1. The topological polar surface area (TPSA) is 46.5 Å². The summed E-state index contributed by atoms with van der Waals surface area (Å²) in [7, 11) is 2.03. The maximum atomic E-state index is 14.1. The number of ether oxygens (including phenoxy) is 1. The number of halogens is 1. The number of nitrogens with zero attached hydrogens (tertiary/aromatic N) is 2. The summed E-state index contributed by atoms with van der Waals surface area (Å²) in [6.45, 7) is 8.28. The zero-order valence-corrected chi connectivity index (χ0v) is 23.7. The van der Waals surface area contributed by atoms with Crippen molar-refractivity contribution in [2.75, 3.05) is 32.7 Å². The molecule has 1 N–H and O–H groups in total. The first-order valence-corrected chi connectivity index (χ1v) is 14.8. The van der Waals surface area contributed by atoms with Crippen LogP contribution in [0, 0.1) is 17.8 Å². The highest BCUT2D eigenvalue weighted by Crippen LogP contribution is 2.34. The number of rotatable bonds is 10. The van der Waals surface area contributed by atoms with E-state index in [1.54, 1.807) is 0 Å². The van der Waals surface area contributed by atoms with Crippen LogP contribution in [-0.2, 0) is 13.7 Å². The van der Waals surface area contributed by atoms with E-state index in [1.807, 2.05) is 43.4 Å². The number of Topliss-reactive ketones (excluding diaryl/α,β-unsaturated/α-hetero) is 1. The summed E-state index contributed by atoms with van der Waals surface area (Å²) in [5, 5.41) is 5.24. The predicted molar refractivity (Wildman–Crippen MR) is 156 cm³/mol. The van der Waals surface area contributed by atoms with Gasteiger partial charge in [-0.2, -0.15) is 0 Å². The standard InChI is InChI=1S/C32H42ClN3O2/c1-23(25-15-19-36(20-16-25)18-6-8-24-7-5-17-34-21-24)32(37)31-28-9-3-4-10-29(28)35(2)30(31)22-38-27-13-11-26(33)12-14-27/h3-4,9-14,23-25,34H,5-8,15-22H2,1-2H3. The summed E-state index contributed by atoms with van der Waals surface area (Å²) in [5.41, 5.74) is 2.83. The van der Waals surface area contributed by atoms with Crippen molar-refractivity contribution in [2.24, 2.45) is 24.8 Å². The number of ketones is 1. The van der Waals surface area contributed by atoms with Gasteiger partial charge in [-0.15, -0.1) is 0 Å². The molecule has 1 aromatic heterocycles. The molecule has 6 heteroatoms. The third-order valence-corrected chi connectivity index (χ3v) is 9.15. The molecule has 2 unspecified atom stereocenters. The molecule has 2 aliphatic heterocycles. The fourth-order valence-electron chi connectivity index (χ4n) is 6.46. The van der Waals surface area contributed by atoms with E-state index in [2.05, 4.69) is 33.8 Å². The van der Waals surface area contributed by atoms with Gasteiger partial charge in [0, 0.05) is 28.9 Å². The molecule has 2 saturated heterocycles. The molecular weight excluding hydrogens is 494 g/mol. The molecule has 3 heterocycles. The summed E-state index contributed by atoms with van der Waals surface area (Å²) >= 11 is 6.04. The van der Waals surface area contributed by atoms with E-state index in [1.165, 1.54) is 45.3 Å². The average molecular weight is 536 g/mol. The van der Waals surface area contributed by atoms with Gasteiger partial charge in [0.05, 0.1) is 11.3 Å². The first-order chi connectivity index (χ1) is 18.5. The van der Waals surface area contributed by atoms with Crippen LogP contribution >= 0.6 is 11.6 Å². The SMILES string of the molecule is CC(C(=O)c1c(COc2ccc(Cl)cc2)n(C)c2ccccc12)C1CCN(CCCC2CCCNC2)CC1. The highest BCUT2D eigenvalue weighted by atomic mass is 35.5. The van der Waals surface area contributed by atoms with Crippen LogP contribution in [0.4, 0.5) is 0 Å². The Morgan fingerprint density at radius 2 is 1.87 bits per heavy atom. The second kappa shape index (κ2) is 12.7. The van der Waals surface area contributed by atoms with Crippen molar-refractivity contribution in [3.63, 3.8) is 0 Å². The van der Waals surface area contributed by atoms with Gasteiger partial charge in [-0.05, 0) is 113 Å². The van der Waals surface area contributed by atoms with Crippen LogP contribution in [0.3, 0.4) is 0 Å². The van der Waals surface area contributed by atoms with E-state index in [9.17, 15) is 4.79 Å². The van der Waals surface area contributed by atoms with E-state index in [4.69, 9.17) is 16.3 Å². The lowest BCUT2D eigenvalue weighted by Crippen LogP contribution is -2.38. The van der Waals surface area contributed by atoms with Crippen molar-refractivity contribution in [1.29, 1.82) is 0 Å². The Bertz CT molecular complexity index is 1210. The van der Waals surface area contributed by atoms with Gasteiger partial charge in [0.1, 0.15) is 12.4 Å². The van der Waals surface area contributed by atoms with Crippen molar-refractivity contribution in [3.8, 4) is 5.75 Å². The van der Waals surface area contributed by atoms with Crippen molar-refractivity contribution in [3.05, 3.63) is 64.8 Å². The molecule has 2 aromatic carbocycles. The second-order valence-corrected chi connectivity index (χ2v) is 11.8. The fourth-order valence-corrected chi connectivity index (χ4v) is 6.59. The molecule has 5 nitrogen and oxygen atoms in total. The maximum Gasteiger partial charge on any atom is 0.168 e. The zero-order chi connectivity index (χ0) is 26.5. The van der Waals surface area contributed by atoms with Gasteiger partial charge in [0.15, 0.2) is 5.78 Å². The molecule has 204 valence electrons. The lowest BCUT2D eigenvalue weighted by atomic mass is 9.80. The van der Waals surface area contributed by atoms with Gasteiger partial charge in [0.25, 0.3) is 0 Å². The third kappa shape index (κ3) is 6.27. The highest BCUT2D eigenvalue weighted by molar-refractivity contribution is 6.30. The number of aromatic nitrogens is 1. The smallest absolute Gasteiger partial charge is 0.168 e. The van der Waals surface area contributed by atoms with Crippen LogP contribution in [0.5, 0.6) is 5.75 Å². The molecule has 2 atom stereocenters. The molecule has 0 radical (unpaired) electrons. The largest absolute Gasteiger partial charge is 0.487 e. The first kappa shape index (κ1) is 27.2. The normalized spacial score (nSPS) is 20.0. The highest BCUT2D eigenvalue weighted by Gasteiger charge is 2.32. The number of aryl methyl sites for hydroxylation is 1. The Hall–Kier alpha value is -2.34. The van der Waals surface area contributed by atoms with Crippen LogP contribution in [-0.4, -0.2) is 48.0 Å². The average Bonchev–Trinajstić information content (AvgIpc) is 3.24. The number of likely N-dealkylation sites (tertiary alicyclic amines) is 1. The van der Waals surface area contributed by atoms with Gasteiger partial charge in [-0.3, -0.25) is 4.79 Å². The summed E-state index contributed by atoms with van der Waals surface area (Å²) in [5.74, 6) is 2.27. The Balaban J connectivity index is 1.23. The molecule has 2 aliphatic rings. The first-order valence-electron chi connectivity index (χ1n) is 14.4. The predicted octanol–water partition coefficient (Wildman–Crippen LogP) is 6.72. The van der Waals surface area contributed by atoms with Gasteiger partial charge in [0.2, 0.25) is 0 Å². The van der Waals surface area contributed by atoms with Crippen LogP contribution in [0.15, 0.2) is 48.5 Å². The van der Waals surface area contributed by atoms with Crippen molar-refractivity contribution >= 4 is 28.3 Å². The Kier molecular flexibility index (Phi) is 9.08. The fraction of sp³-hybridized carbons (Fsp3) is 0.531. The molecule has 38 heavy (non-hydrogen) atoms. The Morgan fingerprint density at radius 1 is 1.11 bits per heavy atom. The minimum Gasteiger partial charge on any atom is -0.487 e. The molecule has 0 saturated carbocycles. The molecular formula is C32H42ClN3O2. The lowest BCUT2D eigenvalue weighted by Gasteiger charge is -2.35. The number of nitrogens with one attached hydrogen (secondary N) is 1. The molecule has 0 aliphatic carbocycles. The number of hydrogen-bond acceptors (Lipinski definition) is 4. The number of hydrogen-bond donors (Lipinski definition) is 1. The molecule has 2 fully saturated rings. The molecule has 0 spiro atoms. The molecule has 0 amide bonds. The summed E-state index contributed by atoms with van der Waals surface area (Å²) < 4.78 is 8.25. The van der Waals surface area contributed by atoms with E-state index < -0.39 is 0 Å². The Morgan fingerprint density at radius 3 is 2.61 bits per heavy atom.